The molecule has 0 bridgehead atoms. The fraction of sp³-hybridized carbons (Fsp3) is 0.333. The average molecular weight is 545 g/mol. The Morgan fingerprint density at radius 3 is 2.59 bits per heavy atom. The maximum Gasteiger partial charge on any atom is 0.262 e. The zero-order chi connectivity index (χ0) is 27.2. The molecule has 11 nitrogen and oxygen atoms in total. The molecule has 2 aromatic heterocycles. The quantitative estimate of drug-likeness (QED) is 0.338. The zero-order valence-electron chi connectivity index (χ0n) is 21.6. The van der Waals surface area contributed by atoms with Gasteiger partial charge < -0.3 is 25.3 Å². The summed E-state index contributed by atoms with van der Waals surface area (Å²) in [5.41, 5.74) is 2.49. The van der Waals surface area contributed by atoms with Crippen molar-refractivity contribution < 1.29 is 4.79 Å². The molecular weight excluding hydrogens is 516 g/mol. The molecule has 2 saturated heterocycles. The van der Waals surface area contributed by atoms with Gasteiger partial charge in [0.2, 0.25) is 5.95 Å². The third-order valence-electron chi connectivity index (χ3n) is 6.78. The van der Waals surface area contributed by atoms with E-state index >= 15 is 0 Å². The molecule has 200 valence electrons. The van der Waals surface area contributed by atoms with Crippen molar-refractivity contribution in [2.24, 2.45) is 0 Å². The normalized spacial score (nSPS) is 18.1. The Hall–Kier alpha value is -4.27. The number of nitriles is 1. The Morgan fingerprint density at radius 2 is 1.87 bits per heavy atom. The number of carbonyl (C=O) groups excluding carboxylic acids is 1. The number of anilines is 4. The number of nitrogens with one attached hydrogen (secondary N) is 2. The van der Waals surface area contributed by atoms with Gasteiger partial charge in [-0.3, -0.25) is 14.8 Å². The number of halogens is 1. The lowest BCUT2D eigenvalue weighted by molar-refractivity contribution is -0.117. The Bertz CT molecular complexity index is 1370. The Morgan fingerprint density at radius 1 is 1.08 bits per heavy atom. The van der Waals surface area contributed by atoms with Crippen LogP contribution in [0.2, 0.25) is 5.02 Å². The van der Waals surface area contributed by atoms with E-state index in [9.17, 15) is 10.1 Å². The van der Waals surface area contributed by atoms with E-state index in [0.717, 1.165) is 31.9 Å². The van der Waals surface area contributed by atoms with Crippen LogP contribution >= 0.6 is 11.6 Å². The summed E-state index contributed by atoms with van der Waals surface area (Å²) in [5, 5.41) is 16.1. The first kappa shape index (κ1) is 26.3. The highest BCUT2D eigenvalue weighted by Crippen LogP contribution is 2.28. The molecule has 1 aromatic carbocycles. The van der Waals surface area contributed by atoms with Crippen molar-refractivity contribution in [3.63, 3.8) is 0 Å². The molecule has 2 fully saturated rings. The number of rotatable bonds is 7. The molecule has 1 amide bonds. The topological polar surface area (TPSA) is 126 Å². The molecule has 4 heterocycles. The van der Waals surface area contributed by atoms with Gasteiger partial charge in [-0.2, -0.15) is 10.2 Å². The van der Waals surface area contributed by atoms with Crippen LogP contribution in [0.4, 0.5) is 23.1 Å². The molecular formula is C27H29ClN10O. The highest BCUT2D eigenvalue weighted by molar-refractivity contribution is 6.32. The van der Waals surface area contributed by atoms with E-state index in [2.05, 4.69) is 59.5 Å². The first-order valence-corrected chi connectivity index (χ1v) is 13.1. The van der Waals surface area contributed by atoms with Crippen molar-refractivity contribution in [1.29, 1.82) is 5.26 Å². The van der Waals surface area contributed by atoms with Gasteiger partial charge in [-0.15, -0.1) is 0 Å². The SMILES string of the molecule is CN1CCN(c2ccc(Nc3ncc(Cl)c(N4CC[C@@H](NC(=O)/C(C#N)=C/c5cnccn5)C4)n3)cc2)CC1. The van der Waals surface area contributed by atoms with Crippen molar-refractivity contribution in [2.75, 3.05) is 61.4 Å². The van der Waals surface area contributed by atoms with Gasteiger partial charge in [0.15, 0.2) is 5.82 Å². The second kappa shape index (κ2) is 12.1. The van der Waals surface area contributed by atoms with Crippen LogP contribution in [0.25, 0.3) is 6.08 Å². The second-order valence-corrected chi connectivity index (χ2v) is 9.94. The van der Waals surface area contributed by atoms with Crippen LogP contribution in [0, 0.1) is 11.3 Å². The summed E-state index contributed by atoms with van der Waals surface area (Å²) in [6.45, 7) is 5.30. The minimum Gasteiger partial charge on any atom is -0.369 e. The first-order valence-electron chi connectivity index (χ1n) is 12.8. The summed E-state index contributed by atoms with van der Waals surface area (Å²) in [6.07, 6.45) is 8.21. The predicted octanol–water partition coefficient (Wildman–Crippen LogP) is 2.72. The summed E-state index contributed by atoms with van der Waals surface area (Å²) in [6, 6.07) is 10.0. The average Bonchev–Trinajstić information content (AvgIpc) is 3.42. The summed E-state index contributed by atoms with van der Waals surface area (Å²) in [7, 11) is 2.15. The molecule has 12 heteroatoms. The van der Waals surface area contributed by atoms with Gasteiger partial charge in [-0.05, 0) is 43.8 Å². The molecule has 0 aliphatic carbocycles. The molecule has 2 N–H and O–H groups in total. The van der Waals surface area contributed by atoms with Crippen molar-refractivity contribution >= 4 is 46.7 Å². The van der Waals surface area contributed by atoms with Crippen molar-refractivity contribution in [3.05, 3.63) is 65.3 Å². The van der Waals surface area contributed by atoms with Gasteiger partial charge in [-0.1, -0.05) is 11.6 Å². The lowest BCUT2D eigenvalue weighted by Crippen LogP contribution is -2.44. The number of hydrogen-bond donors (Lipinski definition) is 2. The van der Waals surface area contributed by atoms with E-state index in [-0.39, 0.29) is 11.6 Å². The molecule has 2 aliphatic heterocycles. The monoisotopic (exact) mass is 544 g/mol. The van der Waals surface area contributed by atoms with Gasteiger partial charge in [0.05, 0.1) is 18.1 Å². The third-order valence-corrected chi connectivity index (χ3v) is 7.05. The smallest absolute Gasteiger partial charge is 0.262 e. The van der Waals surface area contributed by atoms with Crippen molar-refractivity contribution in [3.8, 4) is 6.07 Å². The molecule has 5 rings (SSSR count). The van der Waals surface area contributed by atoms with E-state index in [1.54, 1.807) is 6.20 Å². The van der Waals surface area contributed by atoms with Crippen LogP contribution in [0.5, 0.6) is 0 Å². The Balaban J connectivity index is 1.20. The molecule has 39 heavy (non-hydrogen) atoms. The van der Waals surface area contributed by atoms with E-state index in [1.165, 1.54) is 30.4 Å². The van der Waals surface area contributed by atoms with E-state index < -0.39 is 5.91 Å². The lowest BCUT2D eigenvalue weighted by atomic mass is 10.2. The summed E-state index contributed by atoms with van der Waals surface area (Å²) >= 11 is 6.46. The van der Waals surface area contributed by atoms with Crippen LogP contribution in [-0.4, -0.2) is 83.1 Å². The number of benzene rings is 1. The van der Waals surface area contributed by atoms with E-state index in [4.69, 9.17) is 11.6 Å². The third kappa shape index (κ3) is 6.60. The molecule has 2 aliphatic rings. The van der Waals surface area contributed by atoms with Crippen LogP contribution in [-0.2, 0) is 4.79 Å². The number of aromatic nitrogens is 4. The Kier molecular flexibility index (Phi) is 8.15. The summed E-state index contributed by atoms with van der Waals surface area (Å²) < 4.78 is 0. The molecule has 0 spiro atoms. The number of amides is 1. The number of nitrogens with zero attached hydrogens (tertiary/aromatic N) is 8. The molecule has 1 atom stereocenters. The number of carbonyl (C=O) groups is 1. The van der Waals surface area contributed by atoms with Crippen LogP contribution in [0.1, 0.15) is 12.1 Å². The van der Waals surface area contributed by atoms with Crippen LogP contribution < -0.4 is 20.4 Å². The van der Waals surface area contributed by atoms with Crippen LogP contribution in [0.15, 0.2) is 54.6 Å². The largest absolute Gasteiger partial charge is 0.369 e. The predicted molar refractivity (Wildman–Crippen MR) is 151 cm³/mol. The van der Waals surface area contributed by atoms with Gasteiger partial charge in [0, 0.05) is 69.1 Å². The first-order chi connectivity index (χ1) is 19.0. The number of hydrogen-bond acceptors (Lipinski definition) is 10. The van der Waals surface area contributed by atoms with Gasteiger partial charge in [0.25, 0.3) is 5.91 Å². The van der Waals surface area contributed by atoms with Gasteiger partial charge in [-0.25, -0.2) is 4.98 Å². The standard InChI is InChI=1S/C27H29ClN10O/c1-36-10-12-37(13-11-36)23-4-2-20(3-5-23)34-27-32-17-24(28)25(35-27)38-9-6-21(18-38)33-26(39)19(15-29)14-22-16-30-7-8-31-22/h2-5,7-8,14,16-17,21H,6,9-13,18H2,1H3,(H,33,39)(H,32,34,35)/b19-14+/t21-/m1/s1. The lowest BCUT2D eigenvalue weighted by Gasteiger charge is -2.34. The molecule has 0 saturated carbocycles. The Labute approximate surface area is 232 Å². The fourth-order valence-electron chi connectivity index (χ4n) is 4.60. The minimum atomic E-state index is -0.453. The van der Waals surface area contributed by atoms with Crippen molar-refractivity contribution in [2.45, 2.75) is 12.5 Å². The number of piperazine rings is 1. The highest BCUT2D eigenvalue weighted by Gasteiger charge is 2.27. The van der Waals surface area contributed by atoms with E-state index in [0.29, 0.717) is 42.0 Å². The molecule has 0 radical (unpaired) electrons. The van der Waals surface area contributed by atoms with Crippen molar-refractivity contribution in [1.82, 2.24) is 30.2 Å². The molecule has 3 aromatic rings. The van der Waals surface area contributed by atoms with Gasteiger partial charge >= 0.3 is 0 Å². The van der Waals surface area contributed by atoms with Crippen LogP contribution in [0.3, 0.4) is 0 Å². The zero-order valence-corrected chi connectivity index (χ0v) is 22.3. The minimum absolute atomic E-state index is 0.0286. The number of likely N-dealkylation sites (N-methyl/N-ethyl adjacent to an activating group) is 1. The second-order valence-electron chi connectivity index (χ2n) is 9.53. The summed E-state index contributed by atoms with van der Waals surface area (Å²) in [4.78, 5) is 36.5. The van der Waals surface area contributed by atoms with Gasteiger partial charge in [0.1, 0.15) is 16.7 Å². The maximum absolute atomic E-state index is 12.7. The van der Waals surface area contributed by atoms with E-state index in [1.807, 2.05) is 23.1 Å². The highest BCUT2D eigenvalue weighted by atomic mass is 35.5. The maximum atomic E-state index is 12.7. The summed E-state index contributed by atoms with van der Waals surface area (Å²) in [5.74, 6) is 0.578. The fourth-order valence-corrected chi connectivity index (χ4v) is 4.82. The molecule has 0 unspecified atom stereocenters.